The lowest BCUT2D eigenvalue weighted by atomic mass is 10.0. The Kier molecular flexibility index (Phi) is 4.65. The fraction of sp³-hybridized carbons (Fsp3) is 0.316. The Morgan fingerprint density at radius 3 is 2.72 bits per heavy atom. The Bertz CT molecular complexity index is 1130. The van der Waals surface area contributed by atoms with E-state index in [1.54, 1.807) is 18.1 Å². The summed E-state index contributed by atoms with van der Waals surface area (Å²) in [7, 11) is 1.57. The summed E-state index contributed by atoms with van der Waals surface area (Å²) in [5, 5.41) is 0. The highest BCUT2D eigenvalue weighted by Crippen LogP contribution is 2.32. The molecule has 1 fully saturated rings. The molecular formula is C19H17F3N4O3. The number of hydrogen-bond acceptors (Lipinski definition) is 4. The van der Waals surface area contributed by atoms with Crippen molar-refractivity contribution in [2.45, 2.75) is 18.8 Å². The van der Waals surface area contributed by atoms with Crippen LogP contribution in [0, 0.1) is 0 Å². The Morgan fingerprint density at radius 2 is 2.03 bits per heavy atom. The van der Waals surface area contributed by atoms with Crippen molar-refractivity contribution in [2.75, 3.05) is 20.2 Å². The fourth-order valence-corrected chi connectivity index (χ4v) is 3.25. The Balaban J connectivity index is 1.67. The number of H-pyrrole nitrogens is 1. The predicted molar refractivity (Wildman–Crippen MR) is 98.2 cm³/mol. The number of carbonyl (C=O) groups is 1. The summed E-state index contributed by atoms with van der Waals surface area (Å²) in [6, 6.07) is 6.40. The third-order valence-electron chi connectivity index (χ3n) is 4.98. The van der Waals surface area contributed by atoms with Crippen LogP contribution >= 0.6 is 0 Å². The van der Waals surface area contributed by atoms with Gasteiger partial charge < -0.3 is 9.64 Å². The zero-order valence-electron chi connectivity index (χ0n) is 15.4. The number of aromatic amines is 1. The molecule has 2 aromatic heterocycles. The third kappa shape index (κ3) is 3.63. The maximum Gasteiger partial charge on any atom is 0.416 e. The fourth-order valence-electron chi connectivity index (χ4n) is 3.25. The molecule has 152 valence electrons. The maximum absolute atomic E-state index is 13.0. The van der Waals surface area contributed by atoms with E-state index < -0.39 is 17.4 Å². The first kappa shape index (κ1) is 19.2. The Morgan fingerprint density at radius 1 is 1.28 bits per heavy atom. The highest BCUT2D eigenvalue weighted by molar-refractivity contribution is 5.82. The molecule has 29 heavy (non-hydrogen) atoms. The molecule has 7 nitrogen and oxygen atoms in total. The molecule has 1 amide bonds. The van der Waals surface area contributed by atoms with Crippen molar-refractivity contribution in [3.8, 4) is 11.1 Å². The Labute approximate surface area is 162 Å². The van der Waals surface area contributed by atoms with Crippen LogP contribution in [0.25, 0.3) is 22.3 Å². The summed E-state index contributed by atoms with van der Waals surface area (Å²) >= 11 is 0. The van der Waals surface area contributed by atoms with Crippen LogP contribution in [0.5, 0.6) is 0 Å². The van der Waals surface area contributed by atoms with E-state index in [2.05, 4.69) is 9.97 Å². The van der Waals surface area contributed by atoms with Gasteiger partial charge in [0.25, 0.3) is 0 Å². The van der Waals surface area contributed by atoms with Crippen LogP contribution in [-0.2, 0) is 22.3 Å². The van der Waals surface area contributed by atoms with E-state index >= 15 is 0 Å². The van der Waals surface area contributed by atoms with E-state index in [1.807, 2.05) is 0 Å². The van der Waals surface area contributed by atoms with Crippen LogP contribution in [-0.4, -0.2) is 51.6 Å². The summed E-state index contributed by atoms with van der Waals surface area (Å²) < 4.78 is 45.4. The Hall–Kier alpha value is -3.14. The van der Waals surface area contributed by atoms with Crippen molar-refractivity contribution < 1.29 is 22.7 Å². The summed E-state index contributed by atoms with van der Waals surface area (Å²) in [6.45, 7) is 0.726. The summed E-state index contributed by atoms with van der Waals surface area (Å²) in [4.78, 5) is 33.0. The smallest absolute Gasteiger partial charge is 0.378 e. The zero-order valence-corrected chi connectivity index (χ0v) is 15.4. The van der Waals surface area contributed by atoms with Gasteiger partial charge in [-0.25, -0.2) is 9.78 Å². The van der Waals surface area contributed by atoms with Crippen LogP contribution in [0.2, 0.25) is 0 Å². The number of alkyl halides is 3. The van der Waals surface area contributed by atoms with Gasteiger partial charge in [0.1, 0.15) is 6.54 Å². The summed E-state index contributed by atoms with van der Waals surface area (Å²) in [6.07, 6.45) is -3.08. The number of likely N-dealkylation sites (tertiary alicyclic amines) is 1. The van der Waals surface area contributed by atoms with Crippen molar-refractivity contribution in [1.82, 2.24) is 19.4 Å². The van der Waals surface area contributed by atoms with Gasteiger partial charge in [-0.05, 0) is 23.8 Å². The average Bonchev–Trinajstić information content (AvgIpc) is 2.95. The molecule has 1 N–H and O–H groups in total. The number of ether oxygens (including phenoxy) is 1. The second-order valence-electron chi connectivity index (χ2n) is 6.84. The molecule has 0 spiro atoms. The molecule has 1 aromatic carbocycles. The van der Waals surface area contributed by atoms with Gasteiger partial charge in [0.05, 0.1) is 17.2 Å². The molecule has 3 heterocycles. The minimum Gasteiger partial charge on any atom is -0.378 e. The number of benzene rings is 1. The van der Waals surface area contributed by atoms with Gasteiger partial charge >= 0.3 is 11.9 Å². The van der Waals surface area contributed by atoms with Crippen LogP contribution in [0.3, 0.4) is 0 Å². The first-order valence-corrected chi connectivity index (χ1v) is 8.83. The van der Waals surface area contributed by atoms with E-state index in [4.69, 9.17) is 4.74 Å². The van der Waals surface area contributed by atoms with Gasteiger partial charge in [0, 0.05) is 32.0 Å². The van der Waals surface area contributed by atoms with Crippen LogP contribution in [0.15, 0.2) is 41.3 Å². The largest absolute Gasteiger partial charge is 0.416 e. The number of nitrogens with zero attached hydrogens (tertiary/aromatic N) is 3. The molecule has 1 aliphatic rings. The number of rotatable bonds is 4. The average molecular weight is 406 g/mol. The van der Waals surface area contributed by atoms with Crippen molar-refractivity contribution >= 4 is 17.1 Å². The van der Waals surface area contributed by atoms with Gasteiger partial charge in [-0.1, -0.05) is 12.1 Å². The normalized spacial score (nSPS) is 15.0. The van der Waals surface area contributed by atoms with Gasteiger partial charge in [0.2, 0.25) is 5.91 Å². The molecule has 0 aliphatic carbocycles. The molecule has 0 unspecified atom stereocenters. The number of hydrogen-bond donors (Lipinski definition) is 1. The lowest BCUT2D eigenvalue weighted by molar-refractivity contribution is -0.143. The third-order valence-corrected chi connectivity index (χ3v) is 4.98. The lowest BCUT2D eigenvalue weighted by Gasteiger charge is -2.38. The quantitative estimate of drug-likeness (QED) is 0.721. The zero-order chi connectivity index (χ0) is 20.8. The number of halogens is 3. The number of amides is 1. The van der Waals surface area contributed by atoms with E-state index in [0.29, 0.717) is 29.7 Å². The van der Waals surface area contributed by atoms with Crippen molar-refractivity contribution in [1.29, 1.82) is 0 Å². The topological polar surface area (TPSA) is 80.2 Å². The molecule has 3 aromatic rings. The molecule has 0 saturated carbocycles. The van der Waals surface area contributed by atoms with Crippen molar-refractivity contribution in [3.63, 3.8) is 0 Å². The molecular weight excluding hydrogens is 389 g/mol. The SMILES string of the molecule is COC1CN(C(=O)Cn2c(=O)[nH]c3ncc(-c4cccc(C(F)(F)F)c4)cc32)C1. The van der Waals surface area contributed by atoms with Crippen LogP contribution < -0.4 is 5.69 Å². The second kappa shape index (κ2) is 7.03. The van der Waals surface area contributed by atoms with E-state index in [0.717, 1.165) is 12.1 Å². The minimum atomic E-state index is -4.46. The molecule has 0 radical (unpaired) electrons. The summed E-state index contributed by atoms with van der Waals surface area (Å²) in [5.41, 5.74) is 0.0469. The first-order valence-electron chi connectivity index (χ1n) is 8.83. The number of carbonyl (C=O) groups excluding carboxylic acids is 1. The number of aromatic nitrogens is 3. The van der Waals surface area contributed by atoms with Crippen molar-refractivity contribution in [2.24, 2.45) is 0 Å². The minimum absolute atomic E-state index is 0.00665. The van der Waals surface area contributed by atoms with Crippen LogP contribution in [0.4, 0.5) is 13.2 Å². The number of nitrogens with one attached hydrogen (secondary N) is 1. The second-order valence-corrected chi connectivity index (χ2v) is 6.84. The highest BCUT2D eigenvalue weighted by Gasteiger charge is 2.31. The van der Waals surface area contributed by atoms with E-state index in [9.17, 15) is 22.8 Å². The molecule has 0 atom stereocenters. The van der Waals surface area contributed by atoms with Crippen molar-refractivity contribution in [3.05, 3.63) is 52.6 Å². The van der Waals surface area contributed by atoms with Gasteiger partial charge in [-0.3, -0.25) is 14.3 Å². The monoisotopic (exact) mass is 406 g/mol. The number of imidazole rings is 1. The number of methoxy groups -OCH3 is 1. The molecule has 0 bridgehead atoms. The maximum atomic E-state index is 13.0. The molecule has 10 heteroatoms. The predicted octanol–water partition coefficient (Wildman–Crippen LogP) is 2.27. The highest BCUT2D eigenvalue weighted by atomic mass is 19.4. The molecule has 1 saturated heterocycles. The number of pyridine rings is 1. The molecule has 4 rings (SSSR count). The van der Waals surface area contributed by atoms with Gasteiger partial charge in [-0.15, -0.1) is 0 Å². The number of fused-ring (bicyclic) bond motifs is 1. The van der Waals surface area contributed by atoms with Gasteiger partial charge in [-0.2, -0.15) is 13.2 Å². The van der Waals surface area contributed by atoms with E-state index in [-0.39, 0.29) is 24.2 Å². The van der Waals surface area contributed by atoms with E-state index in [1.165, 1.54) is 22.9 Å². The summed E-state index contributed by atoms with van der Waals surface area (Å²) in [5.74, 6) is -0.245. The first-order chi connectivity index (χ1) is 13.8. The van der Waals surface area contributed by atoms with Gasteiger partial charge in [0.15, 0.2) is 5.65 Å². The standard InChI is InChI=1S/C19H17F3N4O3/c1-29-14-8-25(9-14)16(27)10-26-15-6-12(7-23-17(15)24-18(26)28)11-3-2-4-13(5-11)19(20,21)22/h2-7,14H,8-10H2,1H3,(H,23,24,28). The van der Waals surface area contributed by atoms with Crippen LogP contribution in [0.1, 0.15) is 5.56 Å². The molecule has 1 aliphatic heterocycles. The lowest BCUT2D eigenvalue weighted by Crippen LogP contribution is -2.55.